The van der Waals surface area contributed by atoms with Crippen LogP contribution in [0.25, 0.3) is 0 Å². The van der Waals surface area contributed by atoms with Crippen molar-refractivity contribution < 1.29 is 4.74 Å². The summed E-state index contributed by atoms with van der Waals surface area (Å²) in [7, 11) is 1.71. The normalized spacial score (nSPS) is 12.4. The zero-order valence-electron chi connectivity index (χ0n) is 11.8. The van der Waals surface area contributed by atoms with Crippen LogP contribution < -0.4 is 10.1 Å². The second-order valence-corrected chi connectivity index (χ2v) is 5.63. The van der Waals surface area contributed by atoms with E-state index in [1.54, 1.807) is 18.4 Å². The van der Waals surface area contributed by atoms with E-state index in [9.17, 15) is 0 Å². The molecule has 1 heterocycles. The average molecular weight is 275 g/mol. The summed E-state index contributed by atoms with van der Waals surface area (Å²) in [5.74, 6) is 0.940. The Morgan fingerprint density at radius 1 is 1.26 bits per heavy atom. The summed E-state index contributed by atoms with van der Waals surface area (Å²) in [6.07, 6.45) is 1.13. The van der Waals surface area contributed by atoms with Gasteiger partial charge in [-0.2, -0.15) is 0 Å². The van der Waals surface area contributed by atoms with Crippen molar-refractivity contribution in [3.05, 3.63) is 51.7 Å². The average Bonchev–Trinajstić information content (AvgIpc) is 2.90. The maximum Gasteiger partial charge on any atom is 0.129 e. The molecule has 0 aliphatic rings. The number of ether oxygens (including phenoxy) is 1. The fourth-order valence-corrected chi connectivity index (χ4v) is 2.98. The lowest BCUT2D eigenvalue weighted by Crippen LogP contribution is -2.22. The van der Waals surface area contributed by atoms with Crippen LogP contribution in [0.2, 0.25) is 0 Å². The minimum Gasteiger partial charge on any atom is -0.496 e. The molecule has 19 heavy (non-hydrogen) atoms. The van der Waals surface area contributed by atoms with Crippen LogP contribution in [0.5, 0.6) is 5.75 Å². The molecule has 0 aliphatic heterocycles. The molecule has 0 aliphatic carbocycles. The van der Waals surface area contributed by atoms with E-state index in [0.717, 1.165) is 18.7 Å². The Morgan fingerprint density at radius 3 is 2.58 bits per heavy atom. The molecule has 1 N–H and O–H groups in total. The van der Waals surface area contributed by atoms with Crippen LogP contribution in [0.3, 0.4) is 0 Å². The van der Waals surface area contributed by atoms with Crippen molar-refractivity contribution in [2.24, 2.45) is 0 Å². The van der Waals surface area contributed by atoms with E-state index in [0.29, 0.717) is 0 Å². The van der Waals surface area contributed by atoms with Gasteiger partial charge in [-0.25, -0.2) is 0 Å². The number of methoxy groups -OCH3 is 1. The van der Waals surface area contributed by atoms with Crippen LogP contribution in [0.4, 0.5) is 0 Å². The summed E-state index contributed by atoms with van der Waals surface area (Å²) in [6.45, 7) is 5.32. The van der Waals surface area contributed by atoms with E-state index in [2.05, 4.69) is 54.9 Å². The molecule has 2 rings (SSSR count). The molecule has 1 atom stereocenters. The summed E-state index contributed by atoms with van der Waals surface area (Å²) in [5, 5.41) is 5.67. The van der Waals surface area contributed by atoms with Crippen LogP contribution in [0, 0.1) is 6.92 Å². The van der Waals surface area contributed by atoms with Gasteiger partial charge in [0.25, 0.3) is 0 Å². The monoisotopic (exact) mass is 275 g/mol. The molecular weight excluding hydrogens is 254 g/mol. The molecule has 0 amide bonds. The fraction of sp³-hybridized carbons (Fsp3) is 0.375. The maximum absolute atomic E-state index is 5.29. The van der Waals surface area contributed by atoms with E-state index in [4.69, 9.17) is 4.74 Å². The molecule has 0 saturated carbocycles. The molecule has 1 aromatic carbocycles. The van der Waals surface area contributed by atoms with Crippen molar-refractivity contribution >= 4 is 11.3 Å². The standard InChI is InChI=1S/C16H21NOS/c1-4-9-17-16(13-7-5-12(2)6-8-13)15-10-14(18-3)11-19-15/h5-8,10-11,16-17H,4,9H2,1-3H3. The summed E-state index contributed by atoms with van der Waals surface area (Å²) in [6, 6.07) is 11.1. The smallest absolute Gasteiger partial charge is 0.129 e. The van der Waals surface area contributed by atoms with Gasteiger partial charge in [0.1, 0.15) is 5.75 Å². The highest BCUT2D eigenvalue weighted by molar-refractivity contribution is 7.10. The lowest BCUT2D eigenvalue weighted by Gasteiger charge is -2.17. The summed E-state index contributed by atoms with van der Waals surface area (Å²) < 4.78 is 5.29. The van der Waals surface area contributed by atoms with E-state index < -0.39 is 0 Å². The number of benzene rings is 1. The van der Waals surface area contributed by atoms with E-state index in [1.165, 1.54) is 16.0 Å². The molecule has 0 fully saturated rings. The van der Waals surface area contributed by atoms with Gasteiger partial charge in [0.05, 0.1) is 13.2 Å². The third-order valence-corrected chi connectivity index (χ3v) is 4.10. The highest BCUT2D eigenvalue weighted by atomic mass is 32.1. The quantitative estimate of drug-likeness (QED) is 0.855. The number of aryl methyl sites for hydroxylation is 1. The molecular formula is C16H21NOS. The predicted octanol–water partition coefficient (Wildman–Crippen LogP) is 4.15. The number of hydrogen-bond acceptors (Lipinski definition) is 3. The van der Waals surface area contributed by atoms with Gasteiger partial charge in [-0.3, -0.25) is 0 Å². The van der Waals surface area contributed by atoms with Gasteiger partial charge in [-0.1, -0.05) is 36.8 Å². The number of nitrogens with one attached hydrogen (secondary N) is 1. The van der Waals surface area contributed by atoms with E-state index >= 15 is 0 Å². The molecule has 0 radical (unpaired) electrons. The maximum atomic E-state index is 5.29. The highest BCUT2D eigenvalue weighted by Crippen LogP contribution is 2.31. The zero-order valence-corrected chi connectivity index (χ0v) is 12.6. The van der Waals surface area contributed by atoms with Crippen LogP contribution in [-0.2, 0) is 0 Å². The lowest BCUT2D eigenvalue weighted by molar-refractivity contribution is 0.416. The topological polar surface area (TPSA) is 21.3 Å². The van der Waals surface area contributed by atoms with Gasteiger partial charge < -0.3 is 10.1 Å². The van der Waals surface area contributed by atoms with Gasteiger partial charge >= 0.3 is 0 Å². The van der Waals surface area contributed by atoms with Gasteiger partial charge in [0.2, 0.25) is 0 Å². The van der Waals surface area contributed by atoms with Crippen LogP contribution in [0.1, 0.15) is 35.4 Å². The zero-order chi connectivity index (χ0) is 13.7. The SMILES string of the molecule is CCCNC(c1ccc(C)cc1)c1cc(OC)cs1. The van der Waals surface area contributed by atoms with Crippen molar-refractivity contribution in [1.29, 1.82) is 0 Å². The first kappa shape index (κ1) is 14.1. The Hall–Kier alpha value is -1.32. The molecule has 3 heteroatoms. The van der Waals surface area contributed by atoms with Crippen LogP contribution >= 0.6 is 11.3 Å². The highest BCUT2D eigenvalue weighted by Gasteiger charge is 2.15. The van der Waals surface area contributed by atoms with Crippen molar-refractivity contribution in [2.45, 2.75) is 26.3 Å². The molecule has 0 spiro atoms. The number of thiophene rings is 1. The van der Waals surface area contributed by atoms with Crippen molar-refractivity contribution in [1.82, 2.24) is 5.32 Å². The second kappa shape index (κ2) is 6.73. The Morgan fingerprint density at radius 2 is 2.00 bits per heavy atom. The molecule has 1 unspecified atom stereocenters. The number of hydrogen-bond donors (Lipinski definition) is 1. The van der Waals surface area contributed by atoms with E-state index in [-0.39, 0.29) is 6.04 Å². The Labute approximate surface area is 119 Å². The molecule has 2 nitrogen and oxygen atoms in total. The van der Waals surface area contributed by atoms with Crippen molar-refractivity contribution in [2.75, 3.05) is 13.7 Å². The Balaban J connectivity index is 2.26. The second-order valence-electron chi connectivity index (χ2n) is 4.69. The molecule has 0 saturated heterocycles. The fourth-order valence-electron chi connectivity index (χ4n) is 2.02. The van der Waals surface area contributed by atoms with Crippen LogP contribution in [0.15, 0.2) is 35.7 Å². The minimum absolute atomic E-state index is 0.259. The van der Waals surface area contributed by atoms with Gasteiger partial charge in [-0.15, -0.1) is 11.3 Å². The molecule has 102 valence electrons. The van der Waals surface area contributed by atoms with Crippen LogP contribution in [-0.4, -0.2) is 13.7 Å². The third kappa shape index (κ3) is 3.58. The van der Waals surface area contributed by atoms with Gasteiger partial charge in [0, 0.05) is 10.3 Å². The molecule has 1 aromatic heterocycles. The Kier molecular flexibility index (Phi) is 5.00. The summed E-state index contributed by atoms with van der Waals surface area (Å²) >= 11 is 1.74. The molecule has 0 bridgehead atoms. The summed E-state index contributed by atoms with van der Waals surface area (Å²) in [4.78, 5) is 1.30. The predicted molar refractivity (Wildman–Crippen MR) is 82.2 cm³/mol. The van der Waals surface area contributed by atoms with Crippen molar-refractivity contribution in [3.63, 3.8) is 0 Å². The van der Waals surface area contributed by atoms with Gasteiger partial charge in [0.15, 0.2) is 0 Å². The molecule has 2 aromatic rings. The third-order valence-electron chi connectivity index (χ3n) is 3.13. The number of rotatable bonds is 6. The minimum atomic E-state index is 0.259. The van der Waals surface area contributed by atoms with E-state index in [1.807, 2.05) is 0 Å². The largest absolute Gasteiger partial charge is 0.496 e. The lowest BCUT2D eigenvalue weighted by atomic mass is 10.0. The first-order valence-electron chi connectivity index (χ1n) is 6.67. The first-order valence-corrected chi connectivity index (χ1v) is 7.55. The van der Waals surface area contributed by atoms with Gasteiger partial charge in [-0.05, 0) is 31.5 Å². The summed E-state index contributed by atoms with van der Waals surface area (Å²) in [5.41, 5.74) is 2.60. The Bertz CT molecular complexity index is 504. The van der Waals surface area contributed by atoms with Crippen molar-refractivity contribution in [3.8, 4) is 5.75 Å². The first-order chi connectivity index (χ1) is 9.24.